The molecule has 1 saturated heterocycles. The van der Waals surface area contributed by atoms with Gasteiger partial charge in [0.2, 0.25) is 5.91 Å². The second-order valence-electron chi connectivity index (χ2n) is 7.55. The molecule has 0 bridgehead atoms. The van der Waals surface area contributed by atoms with Crippen LogP contribution in [0.5, 0.6) is 0 Å². The summed E-state index contributed by atoms with van der Waals surface area (Å²) < 4.78 is 26.1. The first-order valence-corrected chi connectivity index (χ1v) is 11.3. The van der Waals surface area contributed by atoms with Gasteiger partial charge in [0.1, 0.15) is 11.5 Å². The number of aryl methyl sites for hydroxylation is 1. The van der Waals surface area contributed by atoms with E-state index in [1.165, 1.54) is 4.90 Å². The summed E-state index contributed by atoms with van der Waals surface area (Å²) in [6.07, 6.45) is 1.31. The molecule has 2 aromatic carbocycles. The Labute approximate surface area is 170 Å². The predicted octanol–water partition coefficient (Wildman–Crippen LogP) is 2.80. The maximum absolute atomic E-state index is 13.1. The van der Waals surface area contributed by atoms with Crippen LogP contribution in [-0.4, -0.2) is 47.3 Å². The lowest BCUT2D eigenvalue weighted by Crippen LogP contribution is -2.54. The molecule has 29 heavy (non-hydrogen) atoms. The van der Waals surface area contributed by atoms with Crippen molar-refractivity contribution in [1.29, 1.82) is 0 Å². The second kappa shape index (κ2) is 7.65. The van der Waals surface area contributed by atoms with Crippen LogP contribution in [0, 0.1) is 6.92 Å². The van der Waals surface area contributed by atoms with Crippen LogP contribution in [0.2, 0.25) is 0 Å². The molecule has 2 atom stereocenters. The van der Waals surface area contributed by atoms with E-state index in [9.17, 15) is 18.3 Å². The zero-order valence-corrected chi connectivity index (χ0v) is 17.0. The third-order valence-electron chi connectivity index (χ3n) is 5.66. The molecule has 0 radical (unpaired) electrons. The number of piperidine rings is 1. The van der Waals surface area contributed by atoms with Crippen LogP contribution in [0.1, 0.15) is 24.0 Å². The van der Waals surface area contributed by atoms with Gasteiger partial charge in [-0.1, -0.05) is 35.9 Å². The number of aromatic amines is 1. The first-order chi connectivity index (χ1) is 13.9. The number of H-pyrrole nitrogens is 1. The molecule has 2 N–H and O–H groups in total. The van der Waals surface area contributed by atoms with E-state index in [0.717, 1.165) is 22.0 Å². The molecule has 1 amide bonds. The average Bonchev–Trinajstić information content (AvgIpc) is 3.11. The molecule has 3 aromatic rings. The summed E-state index contributed by atoms with van der Waals surface area (Å²) in [6.45, 7) is 2.15. The zero-order chi connectivity index (χ0) is 20.6. The van der Waals surface area contributed by atoms with Crippen molar-refractivity contribution in [3.8, 4) is 0 Å². The molecule has 4 rings (SSSR count). The van der Waals surface area contributed by atoms with Crippen molar-refractivity contribution in [2.45, 2.75) is 42.6 Å². The predicted molar refractivity (Wildman–Crippen MR) is 111 cm³/mol. The molecular weight excluding hydrogens is 388 g/mol. The number of aliphatic hydroxyl groups is 1. The Hall–Kier alpha value is -2.64. The highest BCUT2D eigenvalue weighted by atomic mass is 32.2. The molecule has 1 aromatic heterocycles. The number of sulfone groups is 1. The molecule has 1 aliphatic heterocycles. The standard InChI is InChI=1S/C22H24N2O4S/c1-15-6-8-17(9-7-15)29(27,28)20-10-11-21(25)24(22(20)26)13-12-16-14-23-19-5-3-2-4-18(16)19/h2-9,14,20,22-23,26H,10-13H2,1H3. The molecule has 1 fully saturated rings. The monoisotopic (exact) mass is 412 g/mol. The van der Waals surface area contributed by atoms with Gasteiger partial charge in [0.15, 0.2) is 9.84 Å². The Kier molecular flexibility index (Phi) is 5.19. The van der Waals surface area contributed by atoms with Crippen LogP contribution in [0.3, 0.4) is 0 Å². The van der Waals surface area contributed by atoms with E-state index in [4.69, 9.17) is 0 Å². The average molecular weight is 413 g/mol. The number of amides is 1. The van der Waals surface area contributed by atoms with E-state index in [0.29, 0.717) is 6.42 Å². The van der Waals surface area contributed by atoms with Crippen LogP contribution >= 0.6 is 0 Å². The van der Waals surface area contributed by atoms with Gasteiger partial charge in [-0.25, -0.2) is 8.42 Å². The lowest BCUT2D eigenvalue weighted by Gasteiger charge is -2.37. The number of para-hydroxylation sites is 1. The summed E-state index contributed by atoms with van der Waals surface area (Å²) in [5.74, 6) is -0.215. The van der Waals surface area contributed by atoms with Gasteiger partial charge in [0.25, 0.3) is 0 Å². The van der Waals surface area contributed by atoms with Crippen molar-refractivity contribution >= 4 is 26.6 Å². The number of nitrogens with zero attached hydrogens (tertiary/aromatic N) is 1. The van der Waals surface area contributed by atoms with Crippen molar-refractivity contribution in [2.24, 2.45) is 0 Å². The Morgan fingerprint density at radius 1 is 1.14 bits per heavy atom. The van der Waals surface area contributed by atoms with Crippen LogP contribution in [0.4, 0.5) is 0 Å². The number of carbonyl (C=O) groups excluding carboxylic acids is 1. The van der Waals surface area contributed by atoms with Gasteiger partial charge >= 0.3 is 0 Å². The minimum atomic E-state index is -3.74. The van der Waals surface area contributed by atoms with Crippen LogP contribution in [0.15, 0.2) is 59.6 Å². The number of fused-ring (bicyclic) bond motifs is 1. The highest BCUT2D eigenvalue weighted by Gasteiger charge is 2.42. The van der Waals surface area contributed by atoms with Crippen LogP contribution in [-0.2, 0) is 21.1 Å². The fourth-order valence-electron chi connectivity index (χ4n) is 3.96. The van der Waals surface area contributed by atoms with Gasteiger partial charge < -0.3 is 15.0 Å². The number of benzene rings is 2. The number of aliphatic hydroxyl groups excluding tert-OH is 1. The van der Waals surface area contributed by atoms with Gasteiger partial charge in [-0.15, -0.1) is 0 Å². The highest BCUT2D eigenvalue weighted by Crippen LogP contribution is 2.29. The number of likely N-dealkylation sites (tertiary alicyclic amines) is 1. The highest BCUT2D eigenvalue weighted by molar-refractivity contribution is 7.92. The lowest BCUT2D eigenvalue weighted by atomic mass is 10.1. The number of nitrogens with one attached hydrogen (secondary N) is 1. The maximum Gasteiger partial charge on any atom is 0.224 e. The number of hydrogen-bond donors (Lipinski definition) is 2. The van der Waals surface area contributed by atoms with Gasteiger partial charge in [-0.05, 0) is 43.5 Å². The number of hydrogen-bond acceptors (Lipinski definition) is 4. The smallest absolute Gasteiger partial charge is 0.224 e. The molecular formula is C22H24N2O4S. The molecule has 1 aliphatic rings. The van der Waals surface area contributed by atoms with E-state index in [2.05, 4.69) is 4.98 Å². The summed E-state index contributed by atoms with van der Waals surface area (Å²) >= 11 is 0. The Morgan fingerprint density at radius 3 is 2.62 bits per heavy atom. The number of carbonyl (C=O) groups is 1. The largest absolute Gasteiger partial charge is 0.372 e. The van der Waals surface area contributed by atoms with Gasteiger partial charge in [0, 0.05) is 30.1 Å². The minimum absolute atomic E-state index is 0.112. The normalized spacial score (nSPS) is 20.3. The van der Waals surface area contributed by atoms with Gasteiger partial charge in [-0.2, -0.15) is 0 Å². The molecule has 2 heterocycles. The molecule has 7 heteroatoms. The first-order valence-electron chi connectivity index (χ1n) is 9.71. The maximum atomic E-state index is 13.1. The molecule has 0 spiro atoms. The van der Waals surface area contributed by atoms with E-state index in [-0.39, 0.29) is 30.2 Å². The molecule has 2 unspecified atom stereocenters. The third kappa shape index (κ3) is 3.68. The van der Waals surface area contributed by atoms with E-state index >= 15 is 0 Å². The SMILES string of the molecule is Cc1ccc(S(=O)(=O)C2CCC(=O)N(CCc3c[nH]c4ccccc34)C2O)cc1. The number of aromatic nitrogens is 1. The number of rotatable bonds is 5. The van der Waals surface area contributed by atoms with Crippen molar-refractivity contribution in [1.82, 2.24) is 9.88 Å². The first kappa shape index (κ1) is 19.7. The Bertz CT molecular complexity index is 1140. The fraction of sp³-hybridized carbons (Fsp3) is 0.318. The van der Waals surface area contributed by atoms with Gasteiger partial charge in [-0.3, -0.25) is 4.79 Å². The quantitative estimate of drug-likeness (QED) is 0.674. The summed E-state index contributed by atoms with van der Waals surface area (Å²) in [5, 5.41) is 10.9. The zero-order valence-electron chi connectivity index (χ0n) is 16.2. The van der Waals surface area contributed by atoms with E-state index in [1.54, 1.807) is 24.3 Å². The van der Waals surface area contributed by atoms with E-state index in [1.807, 2.05) is 37.4 Å². The van der Waals surface area contributed by atoms with E-state index < -0.39 is 21.3 Å². The summed E-state index contributed by atoms with van der Waals surface area (Å²) in [5.41, 5.74) is 3.00. The second-order valence-corrected chi connectivity index (χ2v) is 9.71. The summed E-state index contributed by atoms with van der Waals surface area (Å²) in [4.78, 5) is 17.1. The molecule has 6 nitrogen and oxygen atoms in total. The topological polar surface area (TPSA) is 90.5 Å². The van der Waals surface area contributed by atoms with Gasteiger partial charge in [0.05, 0.1) is 4.90 Å². The molecule has 0 saturated carbocycles. The Morgan fingerprint density at radius 2 is 1.86 bits per heavy atom. The van der Waals surface area contributed by atoms with Crippen molar-refractivity contribution in [3.05, 3.63) is 65.9 Å². The van der Waals surface area contributed by atoms with Crippen LogP contribution in [0.25, 0.3) is 10.9 Å². The van der Waals surface area contributed by atoms with Crippen LogP contribution < -0.4 is 0 Å². The van der Waals surface area contributed by atoms with Crippen molar-refractivity contribution < 1.29 is 18.3 Å². The Balaban J connectivity index is 1.54. The third-order valence-corrected chi connectivity index (χ3v) is 7.87. The lowest BCUT2D eigenvalue weighted by molar-refractivity contribution is -0.145. The summed E-state index contributed by atoms with van der Waals surface area (Å²) in [7, 11) is -3.74. The van der Waals surface area contributed by atoms with Crippen molar-refractivity contribution in [2.75, 3.05) is 6.54 Å². The molecule has 0 aliphatic carbocycles. The summed E-state index contributed by atoms with van der Waals surface area (Å²) in [6, 6.07) is 14.5. The van der Waals surface area contributed by atoms with Crippen molar-refractivity contribution in [3.63, 3.8) is 0 Å². The minimum Gasteiger partial charge on any atom is -0.372 e. The molecule has 152 valence electrons. The fourth-order valence-corrected chi connectivity index (χ4v) is 5.72.